The number of fused-ring (bicyclic) bond motifs is 7. The van der Waals surface area contributed by atoms with Crippen LogP contribution in [0.5, 0.6) is 0 Å². The summed E-state index contributed by atoms with van der Waals surface area (Å²) in [5, 5.41) is 6.53. The number of hydrogen-bond donors (Lipinski definition) is 2. The Bertz CT molecular complexity index is 2070. The van der Waals surface area contributed by atoms with Gasteiger partial charge in [-0.3, -0.25) is 28.9 Å². The van der Waals surface area contributed by atoms with Gasteiger partial charge in [0.1, 0.15) is 6.04 Å². The van der Waals surface area contributed by atoms with Crippen LogP contribution in [0.2, 0.25) is 0 Å². The number of likely N-dealkylation sites (N-methyl/N-ethyl adjacent to an activating group) is 2. The van der Waals surface area contributed by atoms with E-state index in [2.05, 4.69) is 72.6 Å². The van der Waals surface area contributed by atoms with Gasteiger partial charge >= 0.3 is 0 Å². The number of rotatable bonds is 24. The SMILES string of the molecule is C=C(C)C1CC[C@]2(CCNC(=O)[C@H](C)[C@@H](OC)C3CCCN3C(=O)C[C@@H](OC)[C@H]([C@@H](C)CC)N(C)C(=O)C(NC(=O)[C@H](C(C)C)N(C)C)C(C)C)CC[C@]3(C)C(CCC4[C@@]5(C)CC[C@H](COC=O)C(C)(C)C5CC[C@]43C)C12. The molecule has 13 heteroatoms. The standard InChI is InChI=1S/C64H111N5O8/c1-20-42(8)55(68(17)59(74)53(40(4)5)66-58(73)54(41(6)7)67(15)16)48(75-18)36-51(71)69-35-21-22-47(69)56(76-19)43(9)57(72)65-34-33-64-30-26-45(39(2)3)52(64)46-23-24-50-61(12)28-25-44(37-77-38-70)60(10,11)49(61)27-29-63(50,14)62(46,13)31-32-64/h38,40-50,52-56H,2,20-37H2,1,3-19H3,(H,65,72)(H,66,73)/t42-,43+,44+,45?,46?,47?,48+,49?,50?,52?,53?,54-,55-,56+,61-,62+,63+,64+/m0/s1. The van der Waals surface area contributed by atoms with E-state index in [1.807, 2.05) is 58.5 Å². The molecule has 4 amide bonds. The maximum absolute atomic E-state index is 14.6. The number of nitrogens with zero attached hydrogens (tertiary/aromatic N) is 3. The first-order valence-electron chi connectivity index (χ1n) is 30.7. The maximum Gasteiger partial charge on any atom is 0.293 e. The Morgan fingerprint density at radius 2 is 1.49 bits per heavy atom. The molecule has 6 aliphatic rings. The second kappa shape index (κ2) is 25.0. The smallest absolute Gasteiger partial charge is 0.293 e. The lowest BCUT2D eigenvalue weighted by Crippen LogP contribution is -2.66. The lowest BCUT2D eigenvalue weighted by molar-refractivity contribution is -0.244. The number of methoxy groups -OCH3 is 2. The molecule has 0 aromatic carbocycles. The maximum atomic E-state index is 14.6. The molecule has 0 aromatic heterocycles. The molecule has 0 radical (unpaired) electrons. The number of hydrogen-bond acceptors (Lipinski definition) is 9. The quantitative estimate of drug-likeness (QED) is 0.0712. The van der Waals surface area contributed by atoms with E-state index >= 15 is 0 Å². The molecule has 5 saturated carbocycles. The zero-order chi connectivity index (χ0) is 57.3. The topological polar surface area (TPSA) is 147 Å². The van der Waals surface area contributed by atoms with Crippen LogP contribution in [0.15, 0.2) is 12.2 Å². The van der Waals surface area contributed by atoms with Crippen LogP contribution in [-0.2, 0) is 38.2 Å². The van der Waals surface area contributed by atoms with Gasteiger partial charge in [0.05, 0.1) is 49.3 Å². The normalized spacial score (nSPS) is 35.3. The summed E-state index contributed by atoms with van der Waals surface area (Å²) in [5.74, 6) is 2.22. The average molecular weight is 1080 g/mol. The van der Waals surface area contributed by atoms with Gasteiger partial charge in [-0.1, -0.05) is 102 Å². The van der Waals surface area contributed by atoms with E-state index in [-0.39, 0.29) is 80.9 Å². The Hall–Kier alpha value is -3.03. The first-order valence-corrected chi connectivity index (χ1v) is 30.7. The lowest BCUT2D eigenvalue weighted by Gasteiger charge is -2.73. The number of ether oxygens (including phenoxy) is 3. The van der Waals surface area contributed by atoms with Crippen LogP contribution in [0.1, 0.15) is 186 Å². The van der Waals surface area contributed by atoms with Crippen LogP contribution >= 0.6 is 0 Å². The van der Waals surface area contributed by atoms with E-state index < -0.39 is 36.3 Å². The largest absolute Gasteiger partial charge is 0.468 e. The number of likely N-dealkylation sites (tertiary alicyclic amines) is 1. The molecule has 440 valence electrons. The third kappa shape index (κ3) is 11.7. The van der Waals surface area contributed by atoms with Crippen molar-refractivity contribution < 1.29 is 38.2 Å². The molecule has 6 fully saturated rings. The minimum Gasteiger partial charge on any atom is -0.468 e. The summed E-state index contributed by atoms with van der Waals surface area (Å²) >= 11 is 0. The highest BCUT2D eigenvalue weighted by molar-refractivity contribution is 5.90. The van der Waals surface area contributed by atoms with Crippen molar-refractivity contribution in [2.45, 2.75) is 223 Å². The predicted molar refractivity (Wildman–Crippen MR) is 307 cm³/mol. The molecule has 7 unspecified atom stereocenters. The molecule has 13 nitrogen and oxygen atoms in total. The number of carbonyl (C=O) groups is 5. The van der Waals surface area contributed by atoms with Crippen molar-refractivity contribution in [2.75, 3.05) is 55.1 Å². The Labute approximate surface area is 468 Å². The van der Waals surface area contributed by atoms with Crippen molar-refractivity contribution in [2.24, 2.45) is 86.3 Å². The van der Waals surface area contributed by atoms with E-state index in [9.17, 15) is 24.0 Å². The summed E-state index contributed by atoms with van der Waals surface area (Å²) in [5.41, 5.74) is 2.31. The summed E-state index contributed by atoms with van der Waals surface area (Å²) in [6.45, 7) is 36.3. The van der Waals surface area contributed by atoms with E-state index in [1.54, 1.807) is 26.2 Å². The van der Waals surface area contributed by atoms with Gasteiger partial charge in [-0.05, 0) is 185 Å². The van der Waals surface area contributed by atoms with Crippen LogP contribution in [-0.4, -0.2) is 136 Å². The molecule has 1 aliphatic heterocycles. The Morgan fingerprint density at radius 3 is 2.08 bits per heavy atom. The highest BCUT2D eigenvalue weighted by Gasteiger charge is 2.71. The molecule has 6 rings (SSSR count). The van der Waals surface area contributed by atoms with Crippen LogP contribution < -0.4 is 10.6 Å². The second-order valence-corrected chi connectivity index (χ2v) is 28.5. The number of amides is 4. The third-order valence-corrected chi connectivity index (χ3v) is 23.7. The molecule has 1 heterocycles. The molecule has 2 N–H and O–H groups in total. The molecule has 1 saturated heterocycles. The number of allylic oxidation sites excluding steroid dienone is 1. The van der Waals surface area contributed by atoms with Crippen LogP contribution in [0, 0.1) is 86.3 Å². The molecule has 77 heavy (non-hydrogen) atoms. The molecular weight excluding hydrogens is 967 g/mol. The fraction of sp³-hybridized carbons (Fsp3) is 0.891. The minimum absolute atomic E-state index is 0.00751. The molecule has 0 aromatic rings. The van der Waals surface area contributed by atoms with Gasteiger partial charge < -0.3 is 34.6 Å². The van der Waals surface area contributed by atoms with Gasteiger partial charge in [0, 0.05) is 34.4 Å². The third-order valence-electron chi connectivity index (χ3n) is 23.7. The van der Waals surface area contributed by atoms with Crippen molar-refractivity contribution >= 4 is 30.1 Å². The number of carbonyl (C=O) groups excluding carboxylic acids is 5. The molecular formula is C64H111N5O8. The highest BCUT2D eigenvalue weighted by Crippen LogP contribution is 2.78. The Balaban J connectivity index is 1.12. The molecule has 18 atom stereocenters. The van der Waals surface area contributed by atoms with Gasteiger partial charge in [0.2, 0.25) is 23.6 Å². The first-order chi connectivity index (χ1) is 36.1. The van der Waals surface area contributed by atoms with E-state index in [0.29, 0.717) is 61.7 Å². The zero-order valence-corrected chi connectivity index (χ0v) is 51.9. The lowest BCUT2D eigenvalue weighted by atomic mass is 9.32. The van der Waals surface area contributed by atoms with E-state index in [1.165, 1.54) is 63.4 Å². The second-order valence-electron chi connectivity index (χ2n) is 28.5. The fourth-order valence-corrected chi connectivity index (χ4v) is 19.3. The Morgan fingerprint density at radius 1 is 0.805 bits per heavy atom. The van der Waals surface area contributed by atoms with Gasteiger partial charge in [-0.15, -0.1) is 0 Å². The van der Waals surface area contributed by atoms with Crippen molar-refractivity contribution in [1.29, 1.82) is 0 Å². The van der Waals surface area contributed by atoms with Crippen molar-refractivity contribution in [3.8, 4) is 0 Å². The van der Waals surface area contributed by atoms with Gasteiger partial charge in [0.15, 0.2) is 0 Å². The summed E-state index contributed by atoms with van der Waals surface area (Å²) < 4.78 is 17.8. The van der Waals surface area contributed by atoms with Crippen molar-refractivity contribution in [3.05, 3.63) is 12.2 Å². The molecule has 0 bridgehead atoms. The molecule has 5 aliphatic carbocycles. The van der Waals surface area contributed by atoms with Crippen LogP contribution in [0.3, 0.4) is 0 Å². The average Bonchev–Trinajstić information content (AvgIpc) is 4.03. The van der Waals surface area contributed by atoms with Gasteiger partial charge in [-0.25, -0.2) is 0 Å². The van der Waals surface area contributed by atoms with E-state index in [0.717, 1.165) is 32.1 Å². The zero-order valence-electron chi connectivity index (χ0n) is 51.9. The number of nitrogens with one attached hydrogen (secondary N) is 2. The summed E-state index contributed by atoms with van der Waals surface area (Å²) in [7, 11) is 8.81. The first kappa shape index (κ1) is 63.2. The summed E-state index contributed by atoms with van der Waals surface area (Å²) in [6.07, 6.45) is 14.3. The fourth-order valence-electron chi connectivity index (χ4n) is 19.3. The van der Waals surface area contributed by atoms with Gasteiger partial charge in [-0.2, -0.15) is 0 Å². The van der Waals surface area contributed by atoms with Crippen LogP contribution in [0.25, 0.3) is 0 Å². The molecule has 0 spiro atoms. The summed E-state index contributed by atoms with van der Waals surface area (Å²) in [6, 6.07) is -1.86. The summed E-state index contributed by atoms with van der Waals surface area (Å²) in [4.78, 5) is 74.0. The van der Waals surface area contributed by atoms with E-state index in [4.69, 9.17) is 14.2 Å². The van der Waals surface area contributed by atoms with Crippen molar-refractivity contribution in [3.63, 3.8) is 0 Å². The highest BCUT2D eigenvalue weighted by atomic mass is 16.5. The van der Waals surface area contributed by atoms with Gasteiger partial charge in [0.25, 0.3) is 6.47 Å². The Kier molecular flexibility index (Phi) is 20.5. The van der Waals surface area contributed by atoms with Crippen LogP contribution in [0.4, 0.5) is 0 Å². The monoisotopic (exact) mass is 1080 g/mol. The minimum atomic E-state index is -0.752. The van der Waals surface area contributed by atoms with Crippen molar-refractivity contribution in [1.82, 2.24) is 25.3 Å². The predicted octanol–water partition coefficient (Wildman–Crippen LogP) is 10.6.